The highest BCUT2D eigenvalue weighted by atomic mass is 15.2. The average Bonchev–Trinajstić information content (AvgIpc) is 2.88. The van der Waals surface area contributed by atoms with Gasteiger partial charge in [-0.3, -0.25) is 9.56 Å². The van der Waals surface area contributed by atoms with Crippen LogP contribution in [-0.2, 0) is 12.0 Å². The first-order chi connectivity index (χ1) is 8.55. The first-order valence-corrected chi connectivity index (χ1v) is 6.25. The number of benzene rings is 1. The summed E-state index contributed by atoms with van der Waals surface area (Å²) < 4.78 is 2.12. The molecule has 2 heterocycles. The Kier molecular flexibility index (Phi) is 2.37. The predicted molar refractivity (Wildman–Crippen MR) is 73.0 cm³/mol. The fraction of sp³-hybridized carbons (Fsp3) is 0.333. The van der Waals surface area contributed by atoms with Crippen molar-refractivity contribution in [3.05, 3.63) is 53.6 Å². The van der Waals surface area contributed by atoms with Crippen molar-refractivity contribution in [1.82, 2.24) is 9.55 Å². The molecule has 3 rings (SSSR count). The van der Waals surface area contributed by atoms with E-state index in [9.17, 15) is 0 Å². The van der Waals surface area contributed by atoms with E-state index in [0.717, 1.165) is 22.9 Å². The van der Waals surface area contributed by atoms with Gasteiger partial charge in [0.05, 0.1) is 12.2 Å². The van der Waals surface area contributed by atoms with Crippen LogP contribution in [0.2, 0.25) is 0 Å². The summed E-state index contributed by atoms with van der Waals surface area (Å²) >= 11 is 0. The first kappa shape index (κ1) is 11.2. The molecule has 3 nitrogen and oxygen atoms in total. The molecule has 18 heavy (non-hydrogen) atoms. The van der Waals surface area contributed by atoms with E-state index < -0.39 is 0 Å². The number of fused-ring (bicyclic) bond motifs is 1. The molecule has 0 amide bonds. The summed E-state index contributed by atoms with van der Waals surface area (Å²) in [5.41, 5.74) is 2.36. The van der Waals surface area contributed by atoms with Crippen molar-refractivity contribution in [2.75, 3.05) is 0 Å². The Morgan fingerprint density at radius 1 is 1.11 bits per heavy atom. The van der Waals surface area contributed by atoms with Gasteiger partial charge in [0.25, 0.3) is 0 Å². The van der Waals surface area contributed by atoms with Crippen LogP contribution in [0.15, 0.2) is 41.5 Å². The Morgan fingerprint density at radius 3 is 2.50 bits per heavy atom. The number of aromatic nitrogens is 2. The van der Waals surface area contributed by atoms with Crippen molar-refractivity contribution < 1.29 is 0 Å². The predicted octanol–water partition coefficient (Wildman–Crippen LogP) is 2.99. The molecular formula is C15H17N3. The first-order valence-electron chi connectivity index (χ1n) is 6.25. The number of hydrogen-bond donors (Lipinski definition) is 0. The van der Waals surface area contributed by atoms with Gasteiger partial charge in [0.1, 0.15) is 11.7 Å². The van der Waals surface area contributed by atoms with Crippen LogP contribution in [-0.4, -0.2) is 15.4 Å². The van der Waals surface area contributed by atoms with E-state index in [4.69, 9.17) is 0 Å². The van der Waals surface area contributed by atoms with Gasteiger partial charge < -0.3 is 0 Å². The molecule has 3 heteroatoms. The van der Waals surface area contributed by atoms with Crippen molar-refractivity contribution >= 4 is 5.84 Å². The molecule has 1 aliphatic rings. The van der Waals surface area contributed by atoms with Gasteiger partial charge >= 0.3 is 0 Å². The number of rotatable bonds is 1. The molecule has 0 aliphatic carbocycles. The second kappa shape index (κ2) is 3.80. The standard InChI is InChI=1S/C15H17N3/c1-15(2,3)12-10-18-13(17-12)9-16-14(18)11-7-5-4-6-8-11/h4-8,10H,9H2,1-3H3. The minimum Gasteiger partial charge on any atom is -0.286 e. The maximum Gasteiger partial charge on any atom is 0.141 e. The van der Waals surface area contributed by atoms with Crippen LogP contribution in [0.5, 0.6) is 0 Å². The Bertz CT molecular complexity index is 600. The molecule has 0 fully saturated rings. The second-order valence-corrected chi connectivity index (χ2v) is 5.67. The van der Waals surface area contributed by atoms with Crippen molar-refractivity contribution in [2.24, 2.45) is 4.99 Å². The largest absolute Gasteiger partial charge is 0.286 e. The summed E-state index contributed by atoms with van der Waals surface area (Å²) in [7, 11) is 0. The molecule has 1 aliphatic heterocycles. The van der Waals surface area contributed by atoms with Gasteiger partial charge in [0.2, 0.25) is 0 Å². The lowest BCUT2D eigenvalue weighted by Crippen LogP contribution is -2.13. The molecule has 0 saturated carbocycles. The molecule has 1 aromatic heterocycles. The minimum atomic E-state index is 0.0825. The normalized spacial score (nSPS) is 14.5. The van der Waals surface area contributed by atoms with Gasteiger partial charge in [-0.15, -0.1) is 0 Å². The highest BCUT2D eigenvalue weighted by Crippen LogP contribution is 2.24. The lowest BCUT2D eigenvalue weighted by atomic mass is 9.93. The summed E-state index contributed by atoms with van der Waals surface area (Å²) in [6.07, 6.45) is 2.12. The SMILES string of the molecule is CC(C)(C)c1cn2c(n1)CN=C2c1ccccc1. The maximum atomic E-state index is 4.69. The van der Waals surface area contributed by atoms with Crippen molar-refractivity contribution in [2.45, 2.75) is 32.7 Å². The summed E-state index contributed by atoms with van der Waals surface area (Å²) in [4.78, 5) is 9.26. The molecule has 0 unspecified atom stereocenters. The molecule has 0 radical (unpaired) electrons. The summed E-state index contributed by atoms with van der Waals surface area (Å²) in [5, 5.41) is 0. The molecule has 0 N–H and O–H groups in total. The van der Waals surface area contributed by atoms with Crippen molar-refractivity contribution in [3.63, 3.8) is 0 Å². The van der Waals surface area contributed by atoms with E-state index in [1.54, 1.807) is 0 Å². The van der Waals surface area contributed by atoms with Crippen LogP contribution in [0.1, 0.15) is 37.9 Å². The van der Waals surface area contributed by atoms with Gasteiger partial charge in [-0.1, -0.05) is 51.1 Å². The smallest absolute Gasteiger partial charge is 0.141 e. The number of nitrogens with zero attached hydrogens (tertiary/aromatic N) is 3. The van der Waals surface area contributed by atoms with E-state index in [2.05, 4.69) is 53.6 Å². The van der Waals surface area contributed by atoms with Gasteiger partial charge in [-0.2, -0.15) is 0 Å². The van der Waals surface area contributed by atoms with E-state index in [1.165, 1.54) is 0 Å². The molecule has 0 bridgehead atoms. The topological polar surface area (TPSA) is 30.2 Å². The van der Waals surface area contributed by atoms with Gasteiger partial charge in [0.15, 0.2) is 0 Å². The van der Waals surface area contributed by atoms with Crippen LogP contribution < -0.4 is 0 Å². The van der Waals surface area contributed by atoms with Gasteiger partial charge in [-0.05, 0) is 0 Å². The lowest BCUT2D eigenvalue weighted by Gasteiger charge is -2.14. The van der Waals surface area contributed by atoms with Gasteiger partial charge in [-0.25, -0.2) is 4.98 Å². The number of aliphatic imine (C=N–C) groups is 1. The number of hydrogen-bond acceptors (Lipinski definition) is 2. The Labute approximate surface area is 107 Å². The Hall–Kier alpha value is -1.90. The maximum absolute atomic E-state index is 4.69. The van der Waals surface area contributed by atoms with Crippen LogP contribution in [0, 0.1) is 0 Å². The molecule has 0 atom stereocenters. The monoisotopic (exact) mass is 239 g/mol. The lowest BCUT2D eigenvalue weighted by molar-refractivity contribution is 0.570. The summed E-state index contributed by atoms with van der Waals surface area (Å²) in [6.45, 7) is 7.24. The summed E-state index contributed by atoms with van der Waals surface area (Å²) in [6, 6.07) is 10.3. The van der Waals surface area contributed by atoms with Crippen LogP contribution >= 0.6 is 0 Å². The van der Waals surface area contributed by atoms with Crippen molar-refractivity contribution in [3.8, 4) is 0 Å². The zero-order chi connectivity index (χ0) is 12.8. The molecule has 0 saturated heterocycles. The van der Waals surface area contributed by atoms with Gasteiger partial charge in [0, 0.05) is 17.2 Å². The molecule has 2 aromatic rings. The third kappa shape index (κ3) is 1.76. The number of imidazole rings is 1. The minimum absolute atomic E-state index is 0.0825. The zero-order valence-electron chi connectivity index (χ0n) is 11.0. The van der Waals surface area contributed by atoms with E-state index in [1.807, 2.05) is 18.2 Å². The Morgan fingerprint density at radius 2 is 1.83 bits per heavy atom. The molecule has 0 spiro atoms. The van der Waals surface area contributed by atoms with Crippen molar-refractivity contribution in [1.29, 1.82) is 0 Å². The van der Waals surface area contributed by atoms with E-state index in [0.29, 0.717) is 6.54 Å². The summed E-state index contributed by atoms with van der Waals surface area (Å²) in [5.74, 6) is 2.05. The quantitative estimate of drug-likeness (QED) is 0.752. The van der Waals surface area contributed by atoms with Crippen LogP contribution in [0.4, 0.5) is 0 Å². The fourth-order valence-electron chi connectivity index (χ4n) is 2.11. The van der Waals surface area contributed by atoms with E-state index in [-0.39, 0.29) is 5.41 Å². The third-order valence-corrected chi connectivity index (χ3v) is 3.18. The highest BCUT2D eigenvalue weighted by Gasteiger charge is 2.24. The molecule has 92 valence electrons. The second-order valence-electron chi connectivity index (χ2n) is 5.67. The fourth-order valence-corrected chi connectivity index (χ4v) is 2.11. The van der Waals surface area contributed by atoms with Crippen LogP contribution in [0.25, 0.3) is 0 Å². The average molecular weight is 239 g/mol. The molecule has 1 aromatic carbocycles. The third-order valence-electron chi connectivity index (χ3n) is 3.18. The Balaban J connectivity index is 2.04. The highest BCUT2D eigenvalue weighted by molar-refractivity contribution is 6.01. The van der Waals surface area contributed by atoms with E-state index >= 15 is 0 Å². The molecular weight excluding hydrogens is 222 g/mol. The van der Waals surface area contributed by atoms with Crippen LogP contribution in [0.3, 0.4) is 0 Å². The zero-order valence-corrected chi connectivity index (χ0v) is 11.0.